The van der Waals surface area contributed by atoms with Gasteiger partial charge in [-0.2, -0.15) is 0 Å². The number of hydrogen-bond donors (Lipinski definition) is 1. The number of carbonyl (C=O) groups is 1. The van der Waals surface area contributed by atoms with E-state index in [1.807, 2.05) is 39.0 Å². The summed E-state index contributed by atoms with van der Waals surface area (Å²) in [5.74, 6) is 0.980. The van der Waals surface area contributed by atoms with E-state index in [1.165, 1.54) is 36.7 Å². The van der Waals surface area contributed by atoms with Gasteiger partial charge in [0, 0.05) is 35.6 Å². The van der Waals surface area contributed by atoms with Crippen LogP contribution in [0.25, 0.3) is 22.0 Å². The summed E-state index contributed by atoms with van der Waals surface area (Å²) in [6.45, 7) is 6.33. The molecule has 1 N–H and O–H groups in total. The van der Waals surface area contributed by atoms with Gasteiger partial charge in [-0.1, -0.05) is 12.1 Å². The van der Waals surface area contributed by atoms with Gasteiger partial charge in [0.2, 0.25) is 5.43 Å². The number of aromatic nitrogens is 3. The molecule has 5 aromatic rings. The van der Waals surface area contributed by atoms with E-state index in [0.29, 0.717) is 35.0 Å². The van der Waals surface area contributed by atoms with Gasteiger partial charge >= 0.3 is 0 Å². The lowest BCUT2D eigenvalue weighted by atomic mass is 10.0. The highest BCUT2D eigenvalue weighted by Gasteiger charge is 2.18. The van der Waals surface area contributed by atoms with Crippen molar-refractivity contribution in [2.45, 2.75) is 26.8 Å². The van der Waals surface area contributed by atoms with Crippen LogP contribution < -0.4 is 20.2 Å². The molecule has 202 valence electrons. The van der Waals surface area contributed by atoms with E-state index in [4.69, 9.17) is 9.47 Å². The molecule has 0 fully saturated rings. The molecule has 8 nitrogen and oxygen atoms in total. The van der Waals surface area contributed by atoms with Crippen LogP contribution >= 0.6 is 0 Å². The van der Waals surface area contributed by atoms with Crippen LogP contribution in [0.1, 0.15) is 37.2 Å². The Hall–Kier alpha value is -5.05. The number of pyridine rings is 3. The van der Waals surface area contributed by atoms with Crippen molar-refractivity contribution in [2.75, 3.05) is 11.9 Å². The third kappa shape index (κ3) is 5.68. The summed E-state index contributed by atoms with van der Waals surface area (Å²) in [7, 11) is 0. The molecule has 0 bridgehead atoms. The number of ether oxygens (including phenoxy) is 2. The lowest BCUT2D eigenvalue weighted by Crippen LogP contribution is -2.25. The zero-order valence-electron chi connectivity index (χ0n) is 22.2. The summed E-state index contributed by atoms with van der Waals surface area (Å²) < 4.78 is 26.9. The molecular formula is C31H27FN4O4. The van der Waals surface area contributed by atoms with Gasteiger partial charge < -0.3 is 19.4 Å². The largest absolute Gasteiger partial charge is 0.494 e. The first kappa shape index (κ1) is 26.6. The molecule has 9 heteroatoms. The molecule has 1 amide bonds. The van der Waals surface area contributed by atoms with Crippen molar-refractivity contribution < 1.29 is 18.7 Å². The molecule has 0 aliphatic carbocycles. The van der Waals surface area contributed by atoms with Crippen molar-refractivity contribution in [3.63, 3.8) is 0 Å². The Kier molecular flexibility index (Phi) is 7.54. The summed E-state index contributed by atoms with van der Waals surface area (Å²) in [6.07, 6.45) is 6.32. The lowest BCUT2D eigenvalue weighted by molar-refractivity contribution is 0.102. The molecule has 0 unspecified atom stereocenters. The third-order valence-electron chi connectivity index (χ3n) is 6.23. The predicted molar refractivity (Wildman–Crippen MR) is 152 cm³/mol. The molecule has 5 rings (SSSR count). The Morgan fingerprint density at radius 1 is 1.00 bits per heavy atom. The molecule has 40 heavy (non-hydrogen) atoms. The van der Waals surface area contributed by atoms with E-state index in [0.717, 1.165) is 10.9 Å². The molecule has 0 saturated carbocycles. The number of benzene rings is 2. The van der Waals surface area contributed by atoms with Crippen LogP contribution in [-0.4, -0.2) is 27.0 Å². The maximum atomic E-state index is 13.5. The fourth-order valence-corrected chi connectivity index (χ4v) is 4.16. The topological polar surface area (TPSA) is 95.3 Å². The van der Waals surface area contributed by atoms with E-state index in [9.17, 15) is 14.0 Å². The Morgan fingerprint density at radius 2 is 1.77 bits per heavy atom. The summed E-state index contributed by atoms with van der Waals surface area (Å²) in [5.41, 5.74) is 1.07. The zero-order valence-corrected chi connectivity index (χ0v) is 22.2. The van der Waals surface area contributed by atoms with Crippen molar-refractivity contribution in [3.05, 3.63) is 107 Å². The maximum Gasteiger partial charge on any atom is 0.262 e. The minimum atomic E-state index is -0.604. The fraction of sp³-hybridized carbons (Fsp3) is 0.161. The van der Waals surface area contributed by atoms with Crippen molar-refractivity contribution in [2.24, 2.45) is 0 Å². The first-order valence-corrected chi connectivity index (χ1v) is 12.8. The van der Waals surface area contributed by atoms with Gasteiger partial charge in [0.05, 0.1) is 18.3 Å². The van der Waals surface area contributed by atoms with Crippen LogP contribution in [0.4, 0.5) is 10.2 Å². The number of carbonyl (C=O) groups excluding carboxylic acids is 1. The molecule has 0 radical (unpaired) electrons. The van der Waals surface area contributed by atoms with Gasteiger partial charge in [0.1, 0.15) is 34.4 Å². The van der Waals surface area contributed by atoms with Gasteiger partial charge in [-0.05, 0) is 74.9 Å². The highest BCUT2D eigenvalue weighted by atomic mass is 19.1. The molecule has 0 atom stereocenters. The summed E-state index contributed by atoms with van der Waals surface area (Å²) in [4.78, 5) is 35.1. The Labute approximate surface area is 230 Å². The Balaban J connectivity index is 1.38. The first-order chi connectivity index (χ1) is 19.3. The number of amides is 1. The minimum absolute atomic E-state index is 0.0187. The van der Waals surface area contributed by atoms with Crippen LogP contribution in [0.15, 0.2) is 90.2 Å². The minimum Gasteiger partial charge on any atom is -0.494 e. The van der Waals surface area contributed by atoms with Crippen molar-refractivity contribution in [1.82, 2.24) is 14.5 Å². The second kappa shape index (κ2) is 11.4. The van der Waals surface area contributed by atoms with Crippen molar-refractivity contribution >= 4 is 22.6 Å². The quantitative estimate of drug-likeness (QED) is 0.239. The van der Waals surface area contributed by atoms with Crippen LogP contribution in [-0.2, 0) is 0 Å². The summed E-state index contributed by atoms with van der Waals surface area (Å²) in [6, 6.07) is 16.2. The van der Waals surface area contributed by atoms with E-state index in [1.54, 1.807) is 35.2 Å². The molecular weight excluding hydrogens is 511 g/mol. The zero-order chi connectivity index (χ0) is 28.2. The van der Waals surface area contributed by atoms with Crippen LogP contribution in [0.3, 0.4) is 0 Å². The number of halogens is 1. The fourth-order valence-electron chi connectivity index (χ4n) is 4.16. The smallest absolute Gasteiger partial charge is 0.262 e. The number of nitrogens with zero attached hydrogens (tertiary/aromatic N) is 3. The van der Waals surface area contributed by atoms with Crippen molar-refractivity contribution in [3.8, 4) is 28.4 Å². The van der Waals surface area contributed by atoms with Gasteiger partial charge in [0.25, 0.3) is 5.91 Å². The monoisotopic (exact) mass is 538 g/mol. The highest BCUT2D eigenvalue weighted by Crippen LogP contribution is 2.31. The number of nitrogens with one attached hydrogen (secondary N) is 1. The maximum absolute atomic E-state index is 13.5. The van der Waals surface area contributed by atoms with Crippen LogP contribution in [0, 0.1) is 5.82 Å². The van der Waals surface area contributed by atoms with Crippen molar-refractivity contribution in [1.29, 1.82) is 0 Å². The number of hydrogen-bond acceptors (Lipinski definition) is 6. The average Bonchev–Trinajstić information content (AvgIpc) is 2.95. The molecule has 0 aliphatic rings. The first-order valence-electron chi connectivity index (χ1n) is 12.8. The highest BCUT2D eigenvalue weighted by molar-refractivity contribution is 6.04. The number of rotatable bonds is 8. The van der Waals surface area contributed by atoms with E-state index in [2.05, 4.69) is 15.3 Å². The SMILES string of the molecule is CCOc1ccc2nccc(Oc3ccc(NC(=O)c4cn(C(C)C)cc(-c5ccc(F)cc5)c4=O)nc3)c2c1. The second-order valence-corrected chi connectivity index (χ2v) is 9.32. The van der Waals surface area contributed by atoms with E-state index < -0.39 is 17.2 Å². The third-order valence-corrected chi connectivity index (χ3v) is 6.23. The molecule has 3 aromatic heterocycles. The molecule has 3 heterocycles. The standard InChI is InChI=1S/C31H27FN4O4/c1-4-39-22-9-11-27-24(15-22)28(13-14-33-27)40-23-10-12-29(34-16-23)35-31(38)26-18-36(19(2)3)17-25(30(26)37)20-5-7-21(32)8-6-20/h5-19H,4H2,1-3H3,(H,34,35,38). The summed E-state index contributed by atoms with van der Waals surface area (Å²) >= 11 is 0. The van der Waals surface area contributed by atoms with Gasteiger partial charge in [0.15, 0.2) is 0 Å². The molecule has 0 spiro atoms. The Morgan fingerprint density at radius 3 is 2.48 bits per heavy atom. The lowest BCUT2D eigenvalue weighted by Gasteiger charge is -2.15. The van der Waals surface area contributed by atoms with Gasteiger partial charge in [-0.3, -0.25) is 14.6 Å². The molecule has 0 saturated heterocycles. The second-order valence-electron chi connectivity index (χ2n) is 9.32. The number of fused-ring (bicyclic) bond motifs is 1. The van der Waals surface area contributed by atoms with Gasteiger partial charge in [-0.15, -0.1) is 0 Å². The normalized spacial score (nSPS) is 11.0. The van der Waals surface area contributed by atoms with E-state index >= 15 is 0 Å². The molecule has 2 aromatic carbocycles. The van der Waals surface area contributed by atoms with E-state index in [-0.39, 0.29) is 17.4 Å². The Bertz CT molecular complexity index is 1730. The number of anilines is 1. The van der Waals surface area contributed by atoms with Crippen LogP contribution in [0.5, 0.6) is 17.2 Å². The summed E-state index contributed by atoms with van der Waals surface area (Å²) in [5, 5.41) is 3.48. The van der Waals surface area contributed by atoms with Crippen LogP contribution in [0.2, 0.25) is 0 Å². The molecule has 0 aliphatic heterocycles. The predicted octanol–water partition coefficient (Wildman–Crippen LogP) is 6.62. The van der Waals surface area contributed by atoms with Gasteiger partial charge in [-0.25, -0.2) is 9.37 Å². The average molecular weight is 539 g/mol.